The molecule has 0 aromatic heterocycles. The molecule has 0 aliphatic heterocycles. The predicted octanol–water partition coefficient (Wildman–Crippen LogP) is 3.04. The zero-order chi connectivity index (χ0) is 10.9. The van der Waals surface area contributed by atoms with Gasteiger partial charge in [0.25, 0.3) is 0 Å². The summed E-state index contributed by atoms with van der Waals surface area (Å²) in [4.78, 5) is 0. The lowest BCUT2D eigenvalue weighted by Gasteiger charge is -2.05. The molecule has 0 N–H and O–H groups in total. The molecule has 0 heterocycles. The van der Waals surface area contributed by atoms with Gasteiger partial charge in [-0.1, -0.05) is 28.1 Å². The third-order valence-electron chi connectivity index (χ3n) is 2.01. The van der Waals surface area contributed by atoms with Gasteiger partial charge in [-0.25, -0.2) is 0 Å². The molecule has 0 radical (unpaired) electrons. The molecule has 0 aliphatic carbocycles. The SMILES string of the molecule is CCOCCc1ccc(OCCBr)cc1. The van der Waals surface area contributed by atoms with E-state index < -0.39 is 0 Å². The van der Waals surface area contributed by atoms with Crippen LogP contribution in [-0.2, 0) is 11.2 Å². The second-order valence-corrected chi connectivity index (χ2v) is 3.92. The van der Waals surface area contributed by atoms with Crippen molar-refractivity contribution in [2.24, 2.45) is 0 Å². The van der Waals surface area contributed by atoms with Gasteiger partial charge in [0.15, 0.2) is 0 Å². The van der Waals surface area contributed by atoms with Crippen molar-refractivity contribution in [3.8, 4) is 5.75 Å². The van der Waals surface area contributed by atoms with E-state index in [4.69, 9.17) is 9.47 Å². The Morgan fingerprint density at radius 2 is 1.87 bits per heavy atom. The summed E-state index contributed by atoms with van der Waals surface area (Å²) >= 11 is 3.32. The average Bonchev–Trinajstić information content (AvgIpc) is 2.28. The molecule has 1 rings (SSSR count). The van der Waals surface area contributed by atoms with Crippen LogP contribution in [0.15, 0.2) is 24.3 Å². The van der Waals surface area contributed by atoms with Crippen LogP contribution in [0, 0.1) is 0 Å². The van der Waals surface area contributed by atoms with E-state index >= 15 is 0 Å². The number of ether oxygens (including phenoxy) is 2. The summed E-state index contributed by atoms with van der Waals surface area (Å²) in [5, 5.41) is 0.860. The summed E-state index contributed by atoms with van der Waals surface area (Å²) in [5.74, 6) is 0.926. The van der Waals surface area contributed by atoms with E-state index in [-0.39, 0.29) is 0 Å². The van der Waals surface area contributed by atoms with Crippen molar-refractivity contribution in [3.05, 3.63) is 29.8 Å². The van der Waals surface area contributed by atoms with E-state index in [0.29, 0.717) is 6.61 Å². The summed E-state index contributed by atoms with van der Waals surface area (Å²) < 4.78 is 10.8. The molecule has 15 heavy (non-hydrogen) atoms. The number of hydrogen-bond donors (Lipinski definition) is 0. The van der Waals surface area contributed by atoms with Gasteiger partial charge in [0.05, 0.1) is 13.2 Å². The van der Waals surface area contributed by atoms with Crippen molar-refractivity contribution in [2.75, 3.05) is 25.2 Å². The van der Waals surface area contributed by atoms with Crippen molar-refractivity contribution in [1.29, 1.82) is 0 Å². The maximum atomic E-state index is 5.46. The fraction of sp³-hybridized carbons (Fsp3) is 0.500. The molecule has 3 heteroatoms. The van der Waals surface area contributed by atoms with Crippen LogP contribution in [-0.4, -0.2) is 25.2 Å². The van der Waals surface area contributed by atoms with Crippen LogP contribution in [0.2, 0.25) is 0 Å². The average molecular weight is 273 g/mol. The van der Waals surface area contributed by atoms with E-state index in [2.05, 4.69) is 28.1 Å². The molecule has 0 spiro atoms. The van der Waals surface area contributed by atoms with E-state index in [0.717, 1.165) is 30.7 Å². The van der Waals surface area contributed by atoms with E-state index in [1.54, 1.807) is 0 Å². The summed E-state index contributed by atoms with van der Waals surface area (Å²) in [5.41, 5.74) is 1.29. The normalized spacial score (nSPS) is 10.3. The Balaban J connectivity index is 2.35. The van der Waals surface area contributed by atoms with Crippen LogP contribution < -0.4 is 4.74 Å². The molecule has 0 saturated carbocycles. The summed E-state index contributed by atoms with van der Waals surface area (Å²) in [6.07, 6.45) is 0.965. The highest BCUT2D eigenvalue weighted by Gasteiger charge is 1.95. The summed E-state index contributed by atoms with van der Waals surface area (Å²) in [6, 6.07) is 8.18. The topological polar surface area (TPSA) is 18.5 Å². The van der Waals surface area contributed by atoms with Gasteiger partial charge in [-0.2, -0.15) is 0 Å². The highest BCUT2D eigenvalue weighted by molar-refractivity contribution is 9.09. The molecule has 0 fully saturated rings. The van der Waals surface area contributed by atoms with Crippen LogP contribution in [0.4, 0.5) is 0 Å². The highest BCUT2D eigenvalue weighted by atomic mass is 79.9. The lowest BCUT2D eigenvalue weighted by Crippen LogP contribution is -1.99. The van der Waals surface area contributed by atoms with Crippen molar-refractivity contribution in [2.45, 2.75) is 13.3 Å². The van der Waals surface area contributed by atoms with Crippen LogP contribution >= 0.6 is 15.9 Å². The molecular weight excluding hydrogens is 256 g/mol. The van der Waals surface area contributed by atoms with Gasteiger partial charge in [-0.15, -0.1) is 0 Å². The smallest absolute Gasteiger partial charge is 0.119 e. The predicted molar refractivity (Wildman–Crippen MR) is 65.9 cm³/mol. The van der Waals surface area contributed by atoms with Crippen LogP contribution in [0.1, 0.15) is 12.5 Å². The first-order valence-electron chi connectivity index (χ1n) is 5.22. The van der Waals surface area contributed by atoms with Gasteiger partial charge in [0.1, 0.15) is 5.75 Å². The Morgan fingerprint density at radius 1 is 1.13 bits per heavy atom. The fourth-order valence-corrected chi connectivity index (χ4v) is 1.40. The lowest BCUT2D eigenvalue weighted by molar-refractivity contribution is 0.151. The van der Waals surface area contributed by atoms with Crippen LogP contribution in [0.5, 0.6) is 5.75 Å². The van der Waals surface area contributed by atoms with E-state index in [1.807, 2.05) is 19.1 Å². The second kappa shape index (κ2) is 7.71. The number of benzene rings is 1. The van der Waals surface area contributed by atoms with E-state index in [1.165, 1.54) is 5.56 Å². The molecule has 1 aromatic carbocycles. The quantitative estimate of drug-likeness (QED) is 0.561. The maximum Gasteiger partial charge on any atom is 0.119 e. The lowest BCUT2D eigenvalue weighted by atomic mass is 10.1. The number of hydrogen-bond acceptors (Lipinski definition) is 2. The Labute approximate surface area is 99.7 Å². The minimum Gasteiger partial charge on any atom is -0.493 e. The molecule has 0 unspecified atom stereocenters. The first kappa shape index (κ1) is 12.5. The molecule has 0 amide bonds. The number of rotatable bonds is 7. The third-order valence-corrected chi connectivity index (χ3v) is 2.33. The molecular formula is C12H17BrO2. The minimum atomic E-state index is 0.707. The minimum absolute atomic E-state index is 0.707. The molecule has 1 aromatic rings. The maximum absolute atomic E-state index is 5.46. The first-order chi connectivity index (χ1) is 7.36. The standard InChI is InChI=1S/C12H17BrO2/c1-2-14-9-7-11-3-5-12(6-4-11)15-10-8-13/h3-6H,2,7-10H2,1H3. The van der Waals surface area contributed by atoms with Crippen molar-refractivity contribution in [3.63, 3.8) is 0 Å². The first-order valence-corrected chi connectivity index (χ1v) is 6.34. The molecule has 0 aliphatic rings. The van der Waals surface area contributed by atoms with Crippen LogP contribution in [0.3, 0.4) is 0 Å². The number of alkyl halides is 1. The Morgan fingerprint density at radius 3 is 2.47 bits per heavy atom. The zero-order valence-electron chi connectivity index (χ0n) is 9.04. The van der Waals surface area contributed by atoms with E-state index in [9.17, 15) is 0 Å². The highest BCUT2D eigenvalue weighted by Crippen LogP contribution is 2.12. The van der Waals surface area contributed by atoms with Gasteiger partial charge < -0.3 is 9.47 Å². The molecule has 0 atom stereocenters. The van der Waals surface area contributed by atoms with Crippen molar-refractivity contribution < 1.29 is 9.47 Å². The Hall–Kier alpha value is -0.540. The molecule has 0 bridgehead atoms. The van der Waals surface area contributed by atoms with Gasteiger partial charge >= 0.3 is 0 Å². The van der Waals surface area contributed by atoms with Crippen LogP contribution in [0.25, 0.3) is 0 Å². The third kappa shape index (κ3) is 5.19. The summed E-state index contributed by atoms with van der Waals surface area (Å²) in [7, 11) is 0. The van der Waals surface area contributed by atoms with Gasteiger partial charge in [-0.05, 0) is 31.0 Å². The molecule has 84 valence electrons. The molecule has 2 nitrogen and oxygen atoms in total. The largest absolute Gasteiger partial charge is 0.493 e. The fourth-order valence-electron chi connectivity index (χ4n) is 1.24. The van der Waals surface area contributed by atoms with Gasteiger partial charge in [-0.3, -0.25) is 0 Å². The molecule has 0 saturated heterocycles. The monoisotopic (exact) mass is 272 g/mol. The van der Waals surface area contributed by atoms with Crippen molar-refractivity contribution >= 4 is 15.9 Å². The Bertz CT molecular complexity index is 259. The summed E-state index contributed by atoms with van der Waals surface area (Å²) in [6.45, 7) is 4.29. The number of halogens is 1. The Kier molecular flexibility index (Phi) is 6.44. The zero-order valence-corrected chi connectivity index (χ0v) is 10.6. The van der Waals surface area contributed by atoms with Crippen molar-refractivity contribution in [1.82, 2.24) is 0 Å². The van der Waals surface area contributed by atoms with Gasteiger partial charge in [0.2, 0.25) is 0 Å². The second-order valence-electron chi connectivity index (χ2n) is 3.13. The van der Waals surface area contributed by atoms with Gasteiger partial charge in [0, 0.05) is 11.9 Å².